The van der Waals surface area contributed by atoms with Crippen molar-refractivity contribution >= 4 is 38.8 Å². The lowest BCUT2D eigenvalue weighted by Crippen LogP contribution is -2.09. The standard InChI is InChI=1S/C18H17N7O3S2.4H2/c19-6-5-12(26)7-11-9-21-18(14-3-4-16(29-14)30(20,27)28)23-17(11)22-15-8-13(24-25-15)10-1-2-10;;;;/h3-4,8-10H,1-2,5,7H2,(H2,20,27,28)(H2,21,22,23,24,25);4*1H. The summed E-state index contributed by atoms with van der Waals surface area (Å²) in [4.78, 5) is 21.2. The van der Waals surface area contributed by atoms with Crippen molar-refractivity contribution in [2.75, 3.05) is 5.32 Å². The zero-order valence-electron chi connectivity index (χ0n) is 15.6. The molecule has 0 saturated heterocycles. The van der Waals surface area contributed by atoms with E-state index in [0.29, 0.717) is 28.0 Å². The lowest BCUT2D eigenvalue weighted by atomic mass is 10.1. The number of rotatable bonds is 8. The predicted octanol–water partition coefficient (Wildman–Crippen LogP) is 3.21. The summed E-state index contributed by atoms with van der Waals surface area (Å²) in [6.45, 7) is 0. The van der Waals surface area contributed by atoms with Crippen molar-refractivity contribution in [1.29, 1.82) is 5.26 Å². The normalized spacial score (nSPS) is 13.7. The number of hydrogen-bond donors (Lipinski definition) is 3. The molecular formula is C18H25N7O3S2. The number of nitriles is 1. The average Bonchev–Trinajstić information content (AvgIpc) is 3.22. The van der Waals surface area contributed by atoms with Gasteiger partial charge in [-0.1, -0.05) is 0 Å². The van der Waals surface area contributed by atoms with Crippen molar-refractivity contribution in [1.82, 2.24) is 20.2 Å². The highest BCUT2D eigenvalue weighted by molar-refractivity contribution is 7.91. The van der Waals surface area contributed by atoms with Crippen molar-refractivity contribution in [3.05, 3.63) is 35.7 Å². The molecule has 1 fully saturated rings. The molecule has 0 spiro atoms. The molecule has 3 aromatic rings. The van der Waals surface area contributed by atoms with Gasteiger partial charge in [-0.3, -0.25) is 9.89 Å². The molecular weight excluding hydrogens is 426 g/mol. The number of carbonyl (C=O) groups is 1. The molecule has 10 nitrogen and oxygen atoms in total. The van der Waals surface area contributed by atoms with Gasteiger partial charge in [0.25, 0.3) is 0 Å². The van der Waals surface area contributed by atoms with Gasteiger partial charge in [0.1, 0.15) is 10.0 Å². The number of nitrogens with one attached hydrogen (secondary N) is 2. The zero-order valence-corrected chi connectivity index (χ0v) is 17.3. The Morgan fingerprint density at radius 1 is 1.43 bits per heavy atom. The lowest BCUT2D eigenvalue weighted by Gasteiger charge is -2.09. The first-order chi connectivity index (χ1) is 14.3. The van der Waals surface area contributed by atoms with E-state index in [0.717, 1.165) is 29.9 Å². The van der Waals surface area contributed by atoms with Crippen LogP contribution in [0.25, 0.3) is 10.7 Å². The van der Waals surface area contributed by atoms with Gasteiger partial charge < -0.3 is 5.32 Å². The Balaban J connectivity index is 0.00000272. The molecule has 0 unspecified atom stereocenters. The minimum atomic E-state index is -3.82. The molecule has 0 aromatic carbocycles. The highest BCUT2D eigenvalue weighted by Crippen LogP contribution is 2.39. The van der Waals surface area contributed by atoms with Crippen LogP contribution in [0.5, 0.6) is 0 Å². The van der Waals surface area contributed by atoms with Gasteiger partial charge in [0, 0.05) is 41.6 Å². The molecule has 0 aliphatic heterocycles. The molecule has 1 aliphatic rings. The second-order valence-electron chi connectivity index (χ2n) is 6.89. The number of anilines is 2. The van der Waals surface area contributed by atoms with Crippen molar-refractivity contribution in [2.24, 2.45) is 5.14 Å². The Bertz CT molecular complexity index is 1270. The van der Waals surface area contributed by atoms with Crippen LogP contribution in [-0.2, 0) is 21.2 Å². The van der Waals surface area contributed by atoms with Crippen LogP contribution in [0.15, 0.2) is 28.6 Å². The van der Waals surface area contributed by atoms with Crippen LogP contribution in [-0.4, -0.2) is 34.4 Å². The first kappa shape index (κ1) is 20.1. The molecule has 3 aromatic heterocycles. The number of hydrogen-bond acceptors (Lipinski definition) is 9. The Labute approximate surface area is 182 Å². The maximum absolute atomic E-state index is 12.0. The molecule has 12 heteroatoms. The fourth-order valence-corrected chi connectivity index (χ4v) is 4.52. The summed E-state index contributed by atoms with van der Waals surface area (Å²) in [6.07, 6.45) is 3.52. The van der Waals surface area contributed by atoms with E-state index in [1.165, 1.54) is 12.3 Å². The van der Waals surface area contributed by atoms with Gasteiger partial charge in [0.05, 0.1) is 17.4 Å². The van der Waals surface area contributed by atoms with Crippen LogP contribution in [0.3, 0.4) is 0 Å². The summed E-state index contributed by atoms with van der Waals surface area (Å²) in [7, 11) is -3.82. The van der Waals surface area contributed by atoms with Crippen LogP contribution in [0.1, 0.15) is 42.1 Å². The average molecular weight is 452 g/mol. The van der Waals surface area contributed by atoms with Crippen molar-refractivity contribution in [3.63, 3.8) is 0 Å². The van der Waals surface area contributed by atoms with Crippen LogP contribution in [0.4, 0.5) is 11.6 Å². The largest absolute Gasteiger partial charge is 0.323 e. The number of nitrogens with zero attached hydrogens (tertiary/aromatic N) is 4. The van der Waals surface area contributed by atoms with E-state index >= 15 is 0 Å². The second-order valence-corrected chi connectivity index (χ2v) is 9.76. The first-order valence-electron chi connectivity index (χ1n) is 9.03. The number of thiophene rings is 1. The molecule has 0 atom stereocenters. The van der Waals surface area contributed by atoms with Gasteiger partial charge in [-0.25, -0.2) is 23.5 Å². The maximum atomic E-state index is 12.0. The van der Waals surface area contributed by atoms with E-state index in [4.69, 9.17) is 10.4 Å². The quantitative estimate of drug-likeness (QED) is 0.469. The van der Waals surface area contributed by atoms with E-state index < -0.39 is 10.0 Å². The molecule has 0 amide bonds. The van der Waals surface area contributed by atoms with E-state index in [2.05, 4.69) is 25.5 Å². The van der Waals surface area contributed by atoms with Gasteiger partial charge >= 0.3 is 0 Å². The fraction of sp³-hybridized carbons (Fsp3) is 0.278. The first-order valence-corrected chi connectivity index (χ1v) is 11.4. The summed E-state index contributed by atoms with van der Waals surface area (Å²) >= 11 is 0.955. The van der Waals surface area contributed by atoms with Crippen molar-refractivity contribution in [2.45, 2.75) is 35.8 Å². The number of primary sulfonamides is 1. The molecule has 0 radical (unpaired) electrons. The third kappa shape index (κ3) is 4.54. The van der Waals surface area contributed by atoms with Crippen LogP contribution >= 0.6 is 11.3 Å². The van der Waals surface area contributed by atoms with Crippen molar-refractivity contribution in [3.8, 4) is 16.8 Å². The minimum absolute atomic E-state index is 0. The van der Waals surface area contributed by atoms with E-state index in [1.54, 1.807) is 6.07 Å². The molecule has 162 valence electrons. The summed E-state index contributed by atoms with van der Waals surface area (Å²) in [5.41, 5.74) is 1.54. The summed E-state index contributed by atoms with van der Waals surface area (Å²) in [5.74, 6) is 1.43. The Kier molecular flexibility index (Phi) is 5.33. The number of nitrogens with two attached hydrogens (primary N) is 1. The molecule has 4 rings (SSSR count). The maximum Gasteiger partial charge on any atom is 0.247 e. The summed E-state index contributed by atoms with van der Waals surface area (Å²) in [6, 6.07) is 6.70. The monoisotopic (exact) mass is 451 g/mol. The second kappa shape index (κ2) is 7.94. The third-order valence-corrected chi connectivity index (χ3v) is 6.99. The topological polar surface area (TPSA) is 168 Å². The van der Waals surface area contributed by atoms with Gasteiger partial charge in [0.2, 0.25) is 10.0 Å². The van der Waals surface area contributed by atoms with Gasteiger partial charge in [0.15, 0.2) is 17.4 Å². The van der Waals surface area contributed by atoms with Crippen LogP contribution in [0, 0.1) is 11.3 Å². The number of carbonyl (C=O) groups excluding carboxylic acids is 1. The number of aromatic nitrogens is 4. The van der Waals surface area contributed by atoms with Gasteiger partial charge in [-0.2, -0.15) is 10.4 Å². The van der Waals surface area contributed by atoms with Crippen LogP contribution < -0.4 is 10.5 Å². The van der Waals surface area contributed by atoms with E-state index in [1.807, 2.05) is 12.1 Å². The molecule has 0 bridgehead atoms. The minimum Gasteiger partial charge on any atom is -0.323 e. The third-order valence-electron chi connectivity index (χ3n) is 4.47. The fourth-order valence-electron chi connectivity index (χ4n) is 2.84. The number of ketones is 1. The smallest absolute Gasteiger partial charge is 0.247 e. The Hall–Kier alpha value is -3.14. The molecule has 30 heavy (non-hydrogen) atoms. The number of aromatic amines is 1. The van der Waals surface area contributed by atoms with Gasteiger partial charge in [-0.05, 0) is 25.0 Å². The molecule has 1 aliphatic carbocycles. The number of sulfonamides is 1. The number of Topliss-reactive ketones (excluding diaryl/α,β-unsaturated/α-hetero) is 1. The van der Waals surface area contributed by atoms with Gasteiger partial charge in [-0.15, -0.1) is 11.3 Å². The van der Waals surface area contributed by atoms with Crippen LogP contribution in [0.2, 0.25) is 0 Å². The number of H-pyrrole nitrogens is 1. The highest BCUT2D eigenvalue weighted by atomic mass is 32.2. The summed E-state index contributed by atoms with van der Waals surface area (Å²) in [5, 5.41) is 24.3. The van der Waals surface area contributed by atoms with Crippen molar-refractivity contribution < 1.29 is 18.9 Å². The lowest BCUT2D eigenvalue weighted by molar-refractivity contribution is -0.117. The molecule has 1 saturated carbocycles. The highest BCUT2D eigenvalue weighted by Gasteiger charge is 2.26. The molecule has 4 N–H and O–H groups in total. The molecule has 3 heterocycles. The predicted molar refractivity (Wildman–Crippen MR) is 118 cm³/mol. The summed E-state index contributed by atoms with van der Waals surface area (Å²) < 4.78 is 23.1. The zero-order chi connectivity index (χ0) is 21.3. The Morgan fingerprint density at radius 2 is 2.23 bits per heavy atom. The van der Waals surface area contributed by atoms with E-state index in [-0.39, 0.29) is 34.4 Å². The SMILES string of the molecule is N#CCC(=O)Cc1cnc(-c2ccc(S(N)(=O)=O)s2)nc1Nc1cc(C2CC2)[nH]n1.[HH].[HH].[HH].[HH]. The van der Waals surface area contributed by atoms with E-state index in [9.17, 15) is 13.2 Å². The Morgan fingerprint density at radius 3 is 2.90 bits per heavy atom.